The van der Waals surface area contributed by atoms with E-state index >= 15 is 0 Å². The number of aryl methyl sites for hydroxylation is 1. The second-order valence-electron chi connectivity index (χ2n) is 9.14. The normalized spacial score (nSPS) is 11.1. The number of halogens is 1. The van der Waals surface area contributed by atoms with E-state index in [9.17, 15) is 4.79 Å². The molecule has 3 aromatic carbocycles. The summed E-state index contributed by atoms with van der Waals surface area (Å²) < 4.78 is 7.65. The van der Waals surface area contributed by atoms with Crippen LogP contribution in [0.15, 0.2) is 77.4 Å². The van der Waals surface area contributed by atoms with Crippen molar-refractivity contribution in [1.82, 2.24) is 4.57 Å². The minimum atomic E-state index is 0.171. The summed E-state index contributed by atoms with van der Waals surface area (Å²) >= 11 is 3.61. The number of hydrogen-bond acceptors (Lipinski definition) is 2. The molecular weight excluding hydrogens is 474 g/mol. The van der Waals surface area contributed by atoms with Gasteiger partial charge in [0.25, 0.3) is 6.47 Å². The van der Waals surface area contributed by atoms with E-state index in [4.69, 9.17) is 0 Å². The molecule has 0 aliphatic rings. The van der Waals surface area contributed by atoms with Crippen molar-refractivity contribution in [1.29, 1.82) is 0 Å². The first kappa shape index (κ1) is 24.8. The minimum Gasteiger partial charge on any atom is -0.468 e. The van der Waals surface area contributed by atoms with Crippen molar-refractivity contribution in [2.24, 2.45) is 0 Å². The second kappa shape index (κ2) is 10.8. The number of para-hydroxylation sites is 1. The monoisotopic (exact) mass is 505 g/mol. The first-order valence-electron chi connectivity index (χ1n) is 11.2. The number of rotatable bonds is 5. The molecule has 1 heterocycles. The van der Waals surface area contributed by atoms with E-state index in [0.717, 1.165) is 11.0 Å². The molecule has 4 rings (SSSR count). The number of fused-ring (bicyclic) bond motifs is 1. The molecule has 0 aliphatic carbocycles. The van der Waals surface area contributed by atoms with Crippen LogP contribution in [0, 0.1) is 6.92 Å². The number of carbonyl (C=O) groups is 1. The molecule has 0 radical (unpaired) electrons. The summed E-state index contributed by atoms with van der Waals surface area (Å²) in [5, 5.41) is 1.30. The van der Waals surface area contributed by atoms with Gasteiger partial charge in [-0.3, -0.25) is 4.79 Å². The van der Waals surface area contributed by atoms with Gasteiger partial charge in [-0.15, -0.1) is 0 Å². The average Bonchev–Trinajstić information content (AvgIpc) is 3.15. The van der Waals surface area contributed by atoms with Crippen LogP contribution in [0.4, 0.5) is 0 Å². The van der Waals surface area contributed by atoms with Crippen molar-refractivity contribution in [2.45, 2.75) is 46.6 Å². The van der Waals surface area contributed by atoms with Crippen molar-refractivity contribution in [3.63, 3.8) is 0 Å². The smallest absolute Gasteiger partial charge is 0.293 e. The molecule has 4 aromatic rings. The van der Waals surface area contributed by atoms with E-state index in [-0.39, 0.29) is 5.41 Å². The molecule has 3 nitrogen and oxygen atoms in total. The van der Waals surface area contributed by atoms with E-state index in [1.54, 1.807) is 6.92 Å². The van der Waals surface area contributed by atoms with Crippen molar-refractivity contribution < 1.29 is 9.53 Å². The van der Waals surface area contributed by atoms with Crippen LogP contribution in [0.2, 0.25) is 0 Å². The van der Waals surface area contributed by atoms with Crippen molar-refractivity contribution in [2.75, 3.05) is 6.61 Å². The summed E-state index contributed by atoms with van der Waals surface area (Å²) in [4.78, 5) is 9.18. The van der Waals surface area contributed by atoms with Gasteiger partial charge < -0.3 is 9.30 Å². The third-order valence-electron chi connectivity index (χ3n) is 5.74. The molecule has 0 saturated heterocycles. The van der Waals surface area contributed by atoms with E-state index in [1.165, 1.54) is 38.7 Å². The fourth-order valence-electron chi connectivity index (χ4n) is 3.82. The van der Waals surface area contributed by atoms with Gasteiger partial charge in [-0.05, 0) is 59.7 Å². The second-order valence-corrected chi connectivity index (χ2v) is 10.1. The number of ether oxygens (including phenoxy) is 1. The number of nitrogens with zero attached hydrogens (tertiary/aromatic N) is 1. The predicted octanol–water partition coefficient (Wildman–Crippen LogP) is 7.90. The molecule has 33 heavy (non-hydrogen) atoms. The summed E-state index contributed by atoms with van der Waals surface area (Å²) in [6.45, 7) is 12.5. The van der Waals surface area contributed by atoms with Crippen LogP contribution in [0.5, 0.6) is 0 Å². The number of benzene rings is 3. The van der Waals surface area contributed by atoms with Crippen LogP contribution in [0.3, 0.4) is 0 Å². The average molecular weight is 506 g/mol. The molecule has 0 aliphatic heterocycles. The number of aromatic nitrogens is 1. The van der Waals surface area contributed by atoms with Crippen LogP contribution >= 0.6 is 15.9 Å². The molecule has 0 spiro atoms. The molecule has 0 N–H and O–H groups in total. The maximum Gasteiger partial charge on any atom is 0.293 e. The third-order valence-corrected chi connectivity index (χ3v) is 6.23. The molecule has 172 valence electrons. The van der Waals surface area contributed by atoms with Crippen LogP contribution in [0.25, 0.3) is 22.0 Å². The highest BCUT2D eigenvalue weighted by atomic mass is 79.9. The Morgan fingerprint density at radius 1 is 1.00 bits per heavy atom. The maximum atomic E-state index is 9.18. The molecule has 4 heteroatoms. The van der Waals surface area contributed by atoms with Gasteiger partial charge in [0, 0.05) is 33.7 Å². The Morgan fingerprint density at radius 2 is 1.70 bits per heavy atom. The molecule has 0 fully saturated rings. The Bertz CT molecular complexity index is 1220. The van der Waals surface area contributed by atoms with E-state index in [0.29, 0.717) is 13.1 Å². The van der Waals surface area contributed by atoms with Crippen molar-refractivity contribution in [3.05, 3.63) is 94.1 Å². The van der Waals surface area contributed by atoms with Crippen LogP contribution in [-0.4, -0.2) is 17.6 Å². The van der Waals surface area contributed by atoms with Gasteiger partial charge in [0.1, 0.15) is 0 Å². The quantitative estimate of drug-likeness (QED) is 0.258. The SMILES string of the molecule is CCOC=O.Cc1ccc(Br)cc1Cn1cc(-c2ccc(C(C)(C)C)cc2)c2ccccc21. The van der Waals surface area contributed by atoms with Gasteiger partial charge in [0.2, 0.25) is 0 Å². The predicted molar refractivity (Wildman–Crippen MR) is 142 cm³/mol. The molecule has 0 saturated carbocycles. The molecule has 0 amide bonds. The Kier molecular flexibility index (Phi) is 8.15. The number of hydrogen-bond donors (Lipinski definition) is 0. The fraction of sp³-hybridized carbons (Fsp3) is 0.276. The molecule has 0 bridgehead atoms. The zero-order chi connectivity index (χ0) is 24.0. The highest BCUT2D eigenvalue weighted by molar-refractivity contribution is 9.10. The zero-order valence-corrected chi connectivity index (χ0v) is 21.6. The Morgan fingerprint density at radius 3 is 2.30 bits per heavy atom. The van der Waals surface area contributed by atoms with E-state index < -0.39 is 0 Å². The summed E-state index contributed by atoms with van der Waals surface area (Å²) in [6.07, 6.45) is 2.30. The maximum absolute atomic E-state index is 9.18. The van der Waals surface area contributed by atoms with Gasteiger partial charge in [-0.25, -0.2) is 0 Å². The van der Waals surface area contributed by atoms with Gasteiger partial charge in [0.15, 0.2) is 0 Å². The largest absolute Gasteiger partial charge is 0.468 e. The lowest BCUT2D eigenvalue weighted by Crippen LogP contribution is -2.10. The Balaban J connectivity index is 0.000000555. The molecular formula is C29H32BrNO2. The highest BCUT2D eigenvalue weighted by Gasteiger charge is 2.15. The van der Waals surface area contributed by atoms with Crippen LogP contribution < -0.4 is 0 Å². The lowest BCUT2D eigenvalue weighted by Gasteiger charge is -2.19. The highest BCUT2D eigenvalue weighted by Crippen LogP contribution is 2.33. The fourth-order valence-corrected chi connectivity index (χ4v) is 4.23. The van der Waals surface area contributed by atoms with Crippen LogP contribution in [0.1, 0.15) is 44.4 Å². The number of carbonyl (C=O) groups excluding carboxylic acids is 1. The lowest BCUT2D eigenvalue weighted by molar-refractivity contribution is -0.128. The lowest BCUT2D eigenvalue weighted by atomic mass is 9.86. The first-order chi connectivity index (χ1) is 15.7. The minimum absolute atomic E-state index is 0.171. The van der Waals surface area contributed by atoms with Gasteiger partial charge in [-0.2, -0.15) is 0 Å². The van der Waals surface area contributed by atoms with Gasteiger partial charge in [-0.1, -0.05) is 85.2 Å². The molecule has 0 unspecified atom stereocenters. The summed E-state index contributed by atoms with van der Waals surface area (Å²) in [5.74, 6) is 0. The first-order valence-corrected chi connectivity index (χ1v) is 12.0. The topological polar surface area (TPSA) is 31.2 Å². The zero-order valence-electron chi connectivity index (χ0n) is 20.1. The Hall–Kier alpha value is -2.85. The van der Waals surface area contributed by atoms with Crippen LogP contribution in [-0.2, 0) is 21.5 Å². The molecule has 0 atom stereocenters. The van der Waals surface area contributed by atoms with Gasteiger partial charge >= 0.3 is 0 Å². The summed E-state index contributed by atoms with van der Waals surface area (Å²) in [6, 6.07) is 24.3. The summed E-state index contributed by atoms with van der Waals surface area (Å²) in [7, 11) is 0. The van der Waals surface area contributed by atoms with E-state index in [2.05, 4.69) is 126 Å². The molecule has 1 aromatic heterocycles. The Labute approximate surface area is 205 Å². The van der Waals surface area contributed by atoms with Crippen molar-refractivity contribution in [3.8, 4) is 11.1 Å². The standard InChI is InChI=1S/C26H26BrN.C3H6O2/c1-18-9-14-22(27)15-20(18)16-28-17-24(23-7-5-6-8-25(23)28)19-10-12-21(13-11-19)26(2,3)4;1-2-5-3-4/h5-15,17H,16H2,1-4H3;3H,2H2,1H3. The van der Waals surface area contributed by atoms with E-state index in [1.807, 2.05) is 0 Å². The van der Waals surface area contributed by atoms with Gasteiger partial charge in [0.05, 0.1) is 6.61 Å². The third kappa shape index (κ3) is 6.14. The van der Waals surface area contributed by atoms with Crippen molar-refractivity contribution >= 4 is 33.3 Å². The summed E-state index contributed by atoms with van der Waals surface area (Å²) in [5.41, 5.74) is 8.03.